The predicted octanol–water partition coefficient (Wildman–Crippen LogP) is 3.34. The number of hydrogen-bond donors (Lipinski definition) is 1. The lowest BCUT2D eigenvalue weighted by molar-refractivity contribution is 0.0533. The Hall–Kier alpha value is -0.330. The highest BCUT2D eigenvalue weighted by Gasteiger charge is 2.21. The Morgan fingerprint density at radius 1 is 1.50 bits per heavy atom. The molecule has 0 saturated carbocycles. The third kappa shape index (κ3) is 2.87. The molecular formula is C10H15NO2S3. The van der Waals surface area contributed by atoms with Gasteiger partial charge in [0.15, 0.2) is 0 Å². The van der Waals surface area contributed by atoms with E-state index in [1.54, 1.807) is 30.4 Å². The molecule has 0 radical (unpaired) electrons. The summed E-state index contributed by atoms with van der Waals surface area (Å²) in [4.78, 5) is 13.2. The Balaban J connectivity index is 3.06. The molecule has 0 aliphatic heterocycles. The first kappa shape index (κ1) is 13.7. The lowest BCUT2D eigenvalue weighted by atomic mass is 10.4. The van der Waals surface area contributed by atoms with Gasteiger partial charge in [-0.25, -0.2) is 4.79 Å². The van der Waals surface area contributed by atoms with Gasteiger partial charge in [0.05, 0.1) is 21.4 Å². The fourth-order valence-electron chi connectivity index (χ4n) is 1.17. The molecule has 90 valence electrons. The first-order valence-corrected chi connectivity index (χ1v) is 7.94. The van der Waals surface area contributed by atoms with E-state index in [0.29, 0.717) is 17.2 Å². The van der Waals surface area contributed by atoms with Crippen LogP contribution >= 0.6 is 34.9 Å². The molecule has 0 atom stereocenters. The molecule has 2 N–H and O–H groups in total. The van der Waals surface area contributed by atoms with Crippen LogP contribution in [0.5, 0.6) is 0 Å². The molecule has 0 unspecified atom stereocenters. The summed E-state index contributed by atoms with van der Waals surface area (Å²) in [6.07, 6.45) is 1.97. The van der Waals surface area contributed by atoms with Crippen LogP contribution in [0.4, 0.5) is 5.69 Å². The Labute approximate surface area is 108 Å². The van der Waals surface area contributed by atoms with Gasteiger partial charge in [-0.1, -0.05) is 6.92 Å². The summed E-state index contributed by atoms with van der Waals surface area (Å²) >= 11 is 4.71. The lowest BCUT2D eigenvalue weighted by Crippen LogP contribution is -2.04. The van der Waals surface area contributed by atoms with Crippen LogP contribution in [0.2, 0.25) is 0 Å². The highest BCUT2D eigenvalue weighted by atomic mass is 32.2. The van der Waals surface area contributed by atoms with E-state index in [4.69, 9.17) is 10.5 Å². The number of thiophene rings is 1. The van der Waals surface area contributed by atoms with E-state index in [1.165, 1.54) is 11.3 Å². The molecular weight excluding hydrogens is 262 g/mol. The van der Waals surface area contributed by atoms with E-state index in [9.17, 15) is 4.79 Å². The van der Waals surface area contributed by atoms with E-state index < -0.39 is 0 Å². The minimum absolute atomic E-state index is 0.316. The van der Waals surface area contributed by atoms with Crippen LogP contribution < -0.4 is 5.73 Å². The summed E-state index contributed by atoms with van der Waals surface area (Å²) in [6, 6.07) is 0. The topological polar surface area (TPSA) is 52.3 Å². The summed E-state index contributed by atoms with van der Waals surface area (Å²) in [5.74, 6) is 0.652. The molecule has 0 saturated heterocycles. The molecule has 0 amide bonds. The third-order valence-electron chi connectivity index (χ3n) is 1.81. The fraction of sp³-hybridized carbons (Fsp3) is 0.500. The molecule has 3 nitrogen and oxygen atoms in total. The van der Waals surface area contributed by atoms with Crippen molar-refractivity contribution in [3.63, 3.8) is 0 Å². The molecule has 0 aromatic carbocycles. The molecule has 0 aliphatic rings. The van der Waals surface area contributed by atoms with Crippen molar-refractivity contribution < 1.29 is 9.53 Å². The number of anilines is 1. The lowest BCUT2D eigenvalue weighted by Gasteiger charge is -2.00. The van der Waals surface area contributed by atoms with Crippen molar-refractivity contribution in [2.24, 2.45) is 0 Å². The zero-order valence-corrected chi connectivity index (χ0v) is 12.0. The summed E-state index contributed by atoms with van der Waals surface area (Å²) in [6.45, 7) is 4.24. The number of thioether (sulfide) groups is 2. The molecule has 0 spiro atoms. The quantitative estimate of drug-likeness (QED) is 0.661. The predicted molar refractivity (Wildman–Crippen MR) is 72.9 cm³/mol. The van der Waals surface area contributed by atoms with Crippen LogP contribution in [0.15, 0.2) is 9.10 Å². The van der Waals surface area contributed by atoms with Crippen molar-refractivity contribution >= 4 is 46.5 Å². The molecule has 0 bridgehead atoms. The van der Waals surface area contributed by atoms with Crippen LogP contribution in [0, 0.1) is 0 Å². The second-order valence-electron chi connectivity index (χ2n) is 2.82. The van der Waals surface area contributed by atoms with Gasteiger partial charge >= 0.3 is 5.97 Å². The zero-order chi connectivity index (χ0) is 12.1. The number of rotatable bonds is 5. The highest BCUT2D eigenvalue weighted by molar-refractivity contribution is 8.03. The standard InChI is InChI=1S/C10H15NO2S3/c1-4-13-9(12)7-6(11)8(14-3)10(16-7)15-5-2/h4-5,11H2,1-3H3. The average Bonchev–Trinajstić information content (AvgIpc) is 2.56. The molecule has 1 rings (SSSR count). The largest absolute Gasteiger partial charge is 0.462 e. The maximum Gasteiger partial charge on any atom is 0.350 e. The summed E-state index contributed by atoms with van der Waals surface area (Å²) < 4.78 is 6.08. The van der Waals surface area contributed by atoms with Gasteiger partial charge in [-0.05, 0) is 18.9 Å². The monoisotopic (exact) mass is 277 g/mol. The molecule has 0 fully saturated rings. The number of ether oxygens (including phenoxy) is 1. The van der Waals surface area contributed by atoms with Gasteiger partial charge in [0.2, 0.25) is 0 Å². The third-order valence-corrected chi connectivity index (χ3v) is 5.24. The normalized spacial score (nSPS) is 10.4. The van der Waals surface area contributed by atoms with Gasteiger partial charge < -0.3 is 10.5 Å². The molecule has 0 aliphatic carbocycles. The second-order valence-corrected chi connectivity index (χ2v) is 6.19. The molecule has 1 aromatic rings. The van der Waals surface area contributed by atoms with Gasteiger partial charge in [0.25, 0.3) is 0 Å². The van der Waals surface area contributed by atoms with E-state index in [0.717, 1.165) is 14.9 Å². The minimum atomic E-state index is -0.316. The van der Waals surface area contributed by atoms with Gasteiger partial charge in [-0.15, -0.1) is 34.9 Å². The fourth-order valence-corrected chi connectivity index (χ4v) is 4.61. The number of carbonyl (C=O) groups is 1. The zero-order valence-electron chi connectivity index (χ0n) is 9.53. The maximum atomic E-state index is 11.6. The van der Waals surface area contributed by atoms with Gasteiger partial charge in [0.1, 0.15) is 4.88 Å². The molecule has 6 heteroatoms. The summed E-state index contributed by atoms with van der Waals surface area (Å²) in [7, 11) is 0. The minimum Gasteiger partial charge on any atom is -0.462 e. The Bertz CT molecular complexity index is 376. The van der Waals surface area contributed by atoms with E-state index >= 15 is 0 Å². The maximum absolute atomic E-state index is 11.6. The van der Waals surface area contributed by atoms with Crippen molar-refractivity contribution in [2.75, 3.05) is 24.3 Å². The number of nitrogens with two attached hydrogens (primary N) is 1. The van der Waals surface area contributed by atoms with Crippen LogP contribution in [0.25, 0.3) is 0 Å². The van der Waals surface area contributed by atoms with E-state index in [-0.39, 0.29) is 5.97 Å². The van der Waals surface area contributed by atoms with Crippen molar-refractivity contribution in [3.8, 4) is 0 Å². The van der Waals surface area contributed by atoms with Gasteiger partial charge in [0, 0.05) is 0 Å². The average molecular weight is 277 g/mol. The first-order valence-electron chi connectivity index (χ1n) is 4.91. The molecule has 1 heterocycles. The molecule has 16 heavy (non-hydrogen) atoms. The summed E-state index contributed by atoms with van der Waals surface area (Å²) in [5.41, 5.74) is 6.51. The smallest absolute Gasteiger partial charge is 0.350 e. The van der Waals surface area contributed by atoms with Crippen molar-refractivity contribution in [3.05, 3.63) is 4.88 Å². The van der Waals surface area contributed by atoms with E-state index in [1.807, 2.05) is 6.26 Å². The first-order chi connectivity index (χ1) is 7.65. The van der Waals surface area contributed by atoms with Crippen LogP contribution in [-0.4, -0.2) is 24.6 Å². The van der Waals surface area contributed by atoms with Crippen LogP contribution in [0.3, 0.4) is 0 Å². The second kappa shape index (κ2) is 6.42. The van der Waals surface area contributed by atoms with E-state index in [2.05, 4.69) is 6.92 Å². The number of esters is 1. The van der Waals surface area contributed by atoms with Crippen LogP contribution in [-0.2, 0) is 4.74 Å². The Kier molecular flexibility index (Phi) is 5.51. The Morgan fingerprint density at radius 2 is 2.19 bits per heavy atom. The Morgan fingerprint density at radius 3 is 2.69 bits per heavy atom. The number of hydrogen-bond acceptors (Lipinski definition) is 6. The highest BCUT2D eigenvalue weighted by Crippen LogP contribution is 2.43. The van der Waals surface area contributed by atoms with Crippen molar-refractivity contribution in [1.29, 1.82) is 0 Å². The SMILES string of the molecule is CCOC(=O)c1sc(SCC)c(SC)c1N. The van der Waals surface area contributed by atoms with Gasteiger partial charge in [-0.3, -0.25) is 0 Å². The van der Waals surface area contributed by atoms with Gasteiger partial charge in [-0.2, -0.15) is 0 Å². The molecule has 1 aromatic heterocycles. The number of carbonyl (C=O) groups excluding carboxylic acids is 1. The summed E-state index contributed by atoms with van der Waals surface area (Å²) in [5, 5.41) is 0. The van der Waals surface area contributed by atoms with Crippen molar-refractivity contribution in [1.82, 2.24) is 0 Å². The van der Waals surface area contributed by atoms with Crippen LogP contribution in [0.1, 0.15) is 23.5 Å². The number of nitrogen functional groups attached to an aromatic ring is 1. The van der Waals surface area contributed by atoms with Crippen molar-refractivity contribution in [2.45, 2.75) is 23.0 Å².